The molecule has 6 nitrogen and oxygen atoms in total. The molecule has 5 aromatic rings. The van der Waals surface area contributed by atoms with Crippen molar-refractivity contribution >= 4 is 50.3 Å². The Kier molecular flexibility index (Phi) is 3.93. The maximum Gasteiger partial charge on any atom is 0.232 e. The molecule has 0 fully saturated rings. The Morgan fingerprint density at radius 2 is 1.68 bits per heavy atom. The van der Waals surface area contributed by atoms with Crippen LogP contribution in [-0.2, 0) is 11.2 Å². The number of furan rings is 1. The van der Waals surface area contributed by atoms with E-state index in [-0.39, 0.29) is 12.3 Å². The summed E-state index contributed by atoms with van der Waals surface area (Å²) in [5, 5.41) is 3.24. The highest BCUT2D eigenvalue weighted by atomic mass is 16.3. The molecule has 2 aromatic heterocycles. The monoisotopic (exact) mass is 408 g/mol. The van der Waals surface area contributed by atoms with Gasteiger partial charge in [-0.15, -0.1) is 0 Å². The van der Waals surface area contributed by atoms with E-state index < -0.39 is 0 Å². The first-order valence-corrected chi connectivity index (χ1v) is 10.4. The average Bonchev–Trinajstić information content (AvgIpc) is 3.21. The Hall–Kier alpha value is -3.93. The van der Waals surface area contributed by atoms with Gasteiger partial charge in [-0.1, -0.05) is 42.5 Å². The lowest BCUT2D eigenvalue weighted by molar-refractivity contribution is -0.118. The van der Waals surface area contributed by atoms with E-state index in [1.807, 2.05) is 55.6 Å². The summed E-state index contributed by atoms with van der Waals surface area (Å²) in [6, 6.07) is 19.9. The van der Waals surface area contributed by atoms with Gasteiger partial charge in [0.25, 0.3) is 0 Å². The van der Waals surface area contributed by atoms with Crippen LogP contribution in [0.2, 0.25) is 0 Å². The molecule has 0 unspecified atom stereocenters. The van der Waals surface area contributed by atoms with Crippen LogP contribution < -0.4 is 9.80 Å². The van der Waals surface area contributed by atoms with Crippen LogP contribution in [0.5, 0.6) is 0 Å². The van der Waals surface area contributed by atoms with Gasteiger partial charge in [-0.25, -0.2) is 9.97 Å². The molecule has 6 rings (SSSR count). The van der Waals surface area contributed by atoms with Crippen molar-refractivity contribution in [3.8, 4) is 0 Å². The number of hydrogen-bond acceptors (Lipinski definition) is 5. The molecule has 0 radical (unpaired) electrons. The lowest BCUT2D eigenvalue weighted by Crippen LogP contribution is -2.44. The minimum atomic E-state index is -0.00503. The van der Waals surface area contributed by atoms with Crippen molar-refractivity contribution in [1.82, 2.24) is 9.97 Å². The quantitative estimate of drug-likeness (QED) is 0.429. The van der Waals surface area contributed by atoms with E-state index in [1.165, 1.54) is 0 Å². The molecule has 1 amide bonds. The van der Waals surface area contributed by atoms with Crippen LogP contribution in [0.1, 0.15) is 5.56 Å². The van der Waals surface area contributed by atoms with Gasteiger partial charge < -0.3 is 9.32 Å². The predicted octanol–water partition coefficient (Wildman–Crippen LogP) is 4.55. The van der Waals surface area contributed by atoms with Crippen molar-refractivity contribution in [1.29, 1.82) is 0 Å². The third-order valence-corrected chi connectivity index (χ3v) is 5.99. The number of rotatable bonds is 2. The molecule has 0 atom stereocenters. The highest BCUT2D eigenvalue weighted by Crippen LogP contribution is 2.33. The molecule has 3 aromatic carbocycles. The number of nitrogens with zero attached hydrogens (tertiary/aromatic N) is 4. The Balaban J connectivity index is 1.42. The number of carbonyl (C=O) groups is 1. The normalized spacial score (nSPS) is 13.8. The Bertz CT molecular complexity index is 1470. The van der Waals surface area contributed by atoms with E-state index in [1.54, 1.807) is 11.2 Å². The predicted molar refractivity (Wildman–Crippen MR) is 123 cm³/mol. The molecule has 0 bridgehead atoms. The molecule has 1 aliphatic heterocycles. The van der Waals surface area contributed by atoms with Gasteiger partial charge in [0.1, 0.15) is 5.58 Å². The first kappa shape index (κ1) is 17.9. The summed E-state index contributed by atoms with van der Waals surface area (Å²) in [7, 11) is 1.99. The summed E-state index contributed by atoms with van der Waals surface area (Å²) in [5.74, 6) is 1.35. The second kappa shape index (κ2) is 6.80. The fraction of sp³-hybridized carbons (Fsp3) is 0.160. The van der Waals surface area contributed by atoms with Crippen LogP contribution in [0.25, 0.3) is 32.8 Å². The highest BCUT2D eigenvalue weighted by molar-refractivity contribution is 6.09. The molecule has 0 spiro atoms. The van der Waals surface area contributed by atoms with E-state index in [0.29, 0.717) is 18.9 Å². The lowest BCUT2D eigenvalue weighted by Gasteiger charge is -2.33. The molecule has 0 aliphatic carbocycles. The third kappa shape index (κ3) is 2.83. The number of fused-ring (bicyclic) bond motifs is 5. The zero-order valence-electron chi connectivity index (χ0n) is 17.1. The van der Waals surface area contributed by atoms with Crippen molar-refractivity contribution < 1.29 is 9.21 Å². The first-order chi connectivity index (χ1) is 15.2. The molecule has 0 saturated heterocycles. The summed E-state index contributed by atoms with van der Waals surface area (Å²) >= 11 is 0. The molecule has 0 N–H and O–H groups in total. The van der Waals surface area contributed by atoms with E-state index in [9.17, 15) is 4.79 Å². The van der Waals surface area contributed by atoms with Gasteiger partial charge in [0.05, 0.1) is 23.7 Å². The molecular weight excluding hydrogens is 388 g/mol. The van der Waals surface area contributed by atoms with Crippen molar-refractivity contribution in [3.05, 3.63) is 72.5 Å². The average molecular weight is 408 g/mol. The standard InChI is InChI=1S/C25H20N4O2/c1-28-12-13-29(25-24(28)26-19-8-4-5-9-20(19)27-25)22(30)14-17-15-31-21-11-10-16-6-2-3-7-18(16)23(17)21/h2-11,15H,12-14H2,1H3. The summed E-state index contributed by atoms with van der Waals surface area (Å²) in [6.07, 6.45) is 1.96. The number of para-hydroxylation sites is 2. The maximum atomic E-state index is 13.4. The van der Waals surface area contributed by atoms with Crippen LogP contribution in [0.4, 0.5) is 11.6 Å². The molecule has 31 heavy (non-hydrogen) atoms. The SMILES string of the molecule is CN1CCN(C(=O)Cc2coc3ccc4ccccc4c23)c2nc3ccccc3nc21. The Morgan fingerprint density at radius 1 is 0.935 bits per heavy atom. The second-order valence-corrected chi connectivity index (χ2v) is 7.92. The Labute approximate surface area is 178 Å². The largest absolute Gasteiger partial charge is 0.464 e. The van der Waals surface area contributed by atoms with Gasteiger partial charge >= 0.3 is 0 Å². The van der Waals surface area contributed by atoms with Crippen molar-refractivity contribution in [2.45, 2.75) is 6.42 Å². The van der Waals surface area contributed by atoms with Gasteiger partial charge in [-0.3, -0.25) is 9.69 Å². The van der Waals surface area contributed by atoms with Gasteiger partial charge in [-0.2, -0.15) is 0 Å². The van der Waals surface area contributed by atoms with Gasteiger partial charge in [0, 0.05) is 31.1 Å². The summed E-state index contributed by atoms with van der Waals surface area (Å²) in [6.45, 7) is 1.28. The van der Waals surface area contributed by atoms with E-state index >= 15 is 0 Å². The number of anilines is 2. The zero-order valence-corrected chi connectivity index (χ0v) is 17.1. The number of hydrogen-bond donors (Lipinski definition) is 0. The third-order valence-electron chi connectivity index (χ3n) is 5.99. The zero-order chi connectivity index (χ0) is 20.9. The summed E-state index contributed by atoms with van der Waals surface area (Å²) in [5.41, 5.74) is 3.31. The molecule has 0 saturated carbocycles. The fourth-order valence-electron chi connectivity index (χ4n) is 4.39. The van der Waals surface area contributed by atoms with E-state index in [2.05, 4.69) is 17.0 Å². The van der Waals surface area contributed by atoms with E-state index in [4.69, 9.17) is 14.4 Å². The minimum absolute atomic E-state index is 0.00503. The number of aromatic nitrogens is 2. The van der Waals surface area contributed by atoms with Crippen LogP contribution in [0, 0.1) is 0 Å². The van der Waals surface area contributed by atoms with Crippen LogP contribution in [0.15, 0.2) is 71.3 Å². The van der Waals surface area contributed by atoms with Crippen molar-refractivity contribution in [3.63, 3.8) is 0 Å². The van der Waals surface area contributed by atoms with Crippen LogP contribution in [0.3, 0.4) is 0 Å². The van der Waals surface area contributed by atoms with Gasteiger partial charge in [0.2, 0.25) is 5.91 Å². The lowest BCUT2D eigenvalue weighted by atomic mass is 10.0. The number of amides is 1. The first-order valence-electron chi connectivity index (χ1n) is 10.4. The van der Waals surface area contributed by atoms with Crippen molar-refractivity contribution in [2.24, 2.45) is 0 Å². The molecule has 3 heterocycles. The molecule has 152 valence electrons. The summed E-state index contributed by atoms with van der Waals surface area (Å²) in [4.78, 5) is 26.8. The Morgan fingerprint density at radius 3 is 2.52 bits per heavy atom. The van der Waals surface area contributed by atoms with Crippen molar-refractivity contribution in [2.75, 3.05) is 29.9 Å². The number of carbonyl (C=O) groups excluding carboxylic acids is 1. The molecular formula is C25H20N4O2. The summed E-state index contributed by atoms with van der Waals surface area (Å²) < 4.78 is 5.78. The number of benzene rings is 3. The van der Waals surface area contributed by atoms with Crippen LogP contribution >= 0.6 is 0 Å². The molecule has 1 aliphatic rings. The van der Waals surface area contributed by atoms with Gasteiger partial charge in [0.15, 0.2) is 11.6 Å². The highest BCUT2D eigenvalue weighted by Gasteiger charge is 2.29. The second-order valence-electron chi connectivity index (χ2n) is 7.92. The minimum Gasteiger partial charge on any atom is -0.464 e. The molecule has 6 heteroatoms. The van der Waals surface area contributed by atoms with E-state index in [0.717, 1.165) is 44.2 Å². The smallest absolute Gasteiger partial charge is 0.232 e. The topological polar surface area (TPSA) is 62.5 Å². The maximum absolute atomic E-state index is 13.4. The fourth-order valence-corrected chi connectivity index (χ4v) is 4.39. The van der Waals surface area contributed by atoms with Crippen LogP contribution in [-0.4, -0.2) is 36.0 Å². The number of likely N-dealkylation sites (N-methyl/N-ethyl adjacent to an activating group) is 1. The van der Waals surface area contributed by atoms with Gasteiger partial charge in [-0.05, 0) is 29.0 Å².